The van der Waals surface area contributed by atoms with Crippen molar-refractivity contribution in [3.8, 4) is 11.5 Å². The lowest BCUT2D eigenvalue weighted by atomic mass is 10.1. The maximum Gasteiger partial charge on any atom is 0.228 e. The fraction of sp³-hybridized carbons (Fsp3) is 0.240. The van der Waals surface area contributed by atoms with Gasteiger partial charge >= 0.3 is 0 Å². The number of anilines is 1. The zero-order valence-electron chi connectivity index (χ0n) is 17.3. The SMILES string of the molecule is O=C(Cc1ccccc1)Nc1ccc(CCNC[C@H](O)COc2ccc(O)cc2)cc1. The van der Waals surface area contributed by atoms with Crippen molar-refractivity contribution in [1.82, 2.24) is 5.32 Å². The number of rotatable bonds is 11. The highest BCUT2D eigenvalue weighted by atomic mass is 16.5. The number of carbonyl (C=O) groups excluding carboxylic acids is 1. The first kappa shape index (κ1) is 22.3. The zero-order valence-corrected chi connectivity index (χ0v) is 17.3. The molecule has 0 aliphatic carbocycles. The van der Waals surface area contributed by atoms with E-state index in [1.54, 1.807) is 24.3 Å². The normalized spacial score (nSPS) is 11.6. The summed E-state index contributed by atoms with van der Waals surface area (Å²) in [6.07, 6.45) is 0.533. The maximum absolute atomic E-state index is 12.1. The van der Waals surface area contributed by atoms with E-state index in [0.717, 1.165) is 29.8 Å². The van der Waals surface area contributed by atoms with Gasteiger partial charge in [0.1, 0.15) is 24.2 Å². The Labute approximate surface area is 182 Å². The first-order valence-electron chi connectivity index (χ1n) is 10.3. The number of phenolic OH excluding ortho intramolecular Hbond substituents is 1. The molecule has 0 aliphatic heterocycles. The number of carbonyl (C=O) groups is 1. The predicted molar refractivity (Wildman–Crippen MR) is 121 cm³/mol. The third kappa shape index (κ3) is 8.12. The second-order valence-corrected chi connectivity index (χ2v) is 7.32. The van der Waals surface area contributed by atoms with Crippen LogP contribution >= 0.6 is 0 Å². The Balaban J connectivity index is 1.31. The monoisotopic (exact) mass is 420 g/mol. The minimum absolute atomic E-state index is 0.0378. The number of nitrogens with one attached hydrogen (secondary N) is 2. The molecule has 0 fully saturated rings. The summed E-state index contributed by atoms with van der Waals surface area (Å²) >= 11 is 0. The van der Waals surface area contributed by atoms with Gasteiger partial charge in [0.05, 0.1) is 6.42 Å². The van der Waals surface area contributed by atoms with E-state index in [1.807, 2.05) is 54.6 Å². The fourth-order valence-corrected chi connectivity index (χ4v) is 3.04. The van der Waals surface area contributed by atoms with Crippen LogP contribution in [0.2, 0.25) is 0 Å². The van der Waals surface area contributed by atoms with Crippen molar-refractivity contribution in [2.75, 3.05) is 25.0 Å². The molecule has 1 amide bonds. The van der Waals surface area contributed by atoms with Crippen LogP contribution in [0.15, 0.2) is 78.9 Å². The van der Waals surface area contributed by atoms with E-state index in [-0.39, 0.29) is 18.3 Å². The predicted octanol–water partition coefficient (Wildman–Crippen LogP) is 3.15. The molecule has 0 unspecified atom stereocenters. The van der Waals surface area contributed by atoms with E-state index in [0.29, 0.717) is 18.7 Å². The van der Waals surface area contributed by atoms with Crippen molar-refractivity contribution in [2.45, 2.75) is 18.9 Å². The number of hydrogen-bond acceptors (Lipinski definition) is 5. The van der Waals surface area contributed by atoms with Gasteiger partial charge in [-0.25, -0.2) is 0 Å². The van der Waals surface area contributed by atoms with Crippen molar-refractivity contribution < 1.29 is 19.7 Å². The molecule has 3 aromatic rings. The van der Waals surface area contributed by atoms with Crippen LogP contribution in [0.25, 0.3) is 0 Å². The average Bonchev–Trinajstić information content (AvgIpc) is 2.78. The number of ether oxygens (including phenoxy) is 1. The number of amides is 1. The molecule has 0 radical (unpaired) electrons. The number of aliphatic hydroxyl groups excluding tert-OH is 1. The number of aliphatic hydroxyl groups is 1. The second-order valence-electron chi connectivity index (χ2n) is 7.32. The summed E-state index contributed by atoms with van der Waals surface area (Å²) in [6, 6.07) is 23.8. The summed E-state index contributed by atoms with van der Waals surface area (Å²) in [7, 11) is 0. The quantitative estimate of drug-likeness (QED) is 0.358. The van der Waals surface area contributed by atoms with Crippen LogP contribution in [0.5, 0.6) is 11.5 Å². The molecule has 3 aromatic carbocycles. The third-order valence-corrected chi connectivity index (χ3v) is 4.69. The largest absolute Gasteiger partial charge is 0.508 e. The molecule has 0 aromatic heterocycles. The lowest BCUT2D eigenvalue weighted by Gasteiger charge is -2.13. The molecule has 6 nitrogen and oxygen atoms in total. The Kier molecular flexibility index (Phi) is 8.46. The van der Waals surface area contributed by atoms with Crippen LogP contribution in [0, 0.1) is 0 Å². The Morgan fingerprint density at radius 1 is 0.903 bits per heavy atom. The van der Waals surface area contributed by atoms with E-state index in [4.69, 9.17) is 4.74 Å². The van der Waals surface area contributed by atoms with Crippen LogP contribution in [0.4, 0.5) is 5.69 Å². The summed E-state index contributed by atoms with van der Waals surface area (Å²) in [6.45, 7) is 1.32. The topological polar surface area (TPSA) is 90.8 Å². The number of benzene rings is 3. The Hall–Kier alpha value is -3.35. The Bertz CT molecular complexity index is 928. The minimum Gasteiger partial charge on any atom is -0.508 e. The molecule has 0 heterocycles. The van der Waals surface area contributed by atoms with Crippen LogP contribution in [0.3, 0.4) is 0 Å². The van der Waals surface area contributed by atoms with E-state index in [2.05, 4.69) is 10.6 Å². The van der Waals surface area contributed by atoms with Crippen molar-refractivity contribution in [3.63, 3.8) is 0 Å². The van der Waals surface area contributed by atoms with Gasteiger partial charge in [0, 0.05) is 12.2 Å². The van der Waals surface area contributed by atoms with Crippen LogP contribution in [-0.4, -0.2) is 41.9 Å². The van der Waals surface area contributed by atoms with Gasteiger partial charge in [0.2, 0.25) is 5.91 Å². The van der Waals surface area contributed by atoms with Crippen LogP contribution in [0.1, 0.15) is 11.1 Å². The highest BCUT2D eigenvalue weighted by molar-refractivity contribution is 5.92. The first-order valence-corrected chi connectivity index (χ1v) is 10.3. The van der Waals surface area contributed by atoms with Crippen LogP contribution < -0.4 is 15.4 Å². The summed E-state index contributed by atoms with van der Waals surface area (Å²) in [4.78, 5) is 12.1. The van der Waals surface area contributed by atoms with Crippen molar-refractivity contribution in [1.29, 1.82) is 0 Å². The molecule has 6 heteroatoms. The van der Waals surface area contributed by atoms with Crippen molar-refractivity contribution >= 4 is 11.6 Å². The molecule has 4 N–H and O–H groups in total. The molecule has 3 rings (SSSR count). The lowest BCUT2D eigenvalue weighted by Crippen LogP contribution is -2.32. The molecule has 162 valence electrons. The summed E-state index contributed by atoms with van der Waals surface area (Å²) in [5.41, 5.74) is 2.90. The molecule has 1 atom stereocenters. The molecule has 31 heavy (non-hydrogen) atoms. The molecule has 0 aliphatic rings. The Morgan fingerprint density at radius 2 is 1.61 bits per heavy atom. The number of aromatic hydroxyl groups is 1. The van der Waals surface area contributed by atoms with Gasteiger partial charge in [0.25, 0.3) is 0 Å². The van der Waals surface area contributed by atoms with Gasteiger partial charge in [-0.15, -0.1) is 0 Å². The second kappa shape index (κ2) is 11.7. The number of hydrogen-bond donors (Lipinski definition) is 4. The molecule has 0 spiro atoms. The van der Waals surface area contributed by atoms with E-state index in [9.17, 15) is 15.0 Å². The van der Waals surface area contributed by atoms with Gasteiger partial charge in [-0.2, -0.15) is 0 Å². The summed E-state index contributed by atoms with van der Waals surface area (Å²) in [5.74, 6) is 0.745. The van der Waals surface area contributed by atoms with Gasteiger partial charge in [-0.05, 0) is 60.5 Å². The van der Waals surface area contributed by atoms with E-state index < -0.39 is 6.10 Å². The third-order valence-electron chi connectivity index (χ3n) is 4.69. The van der Waals surface area contributed by atoms with Gasteiger partial charge in [-0.1, -0.05) is 42.5 Å². The molecule has 0 bridgehead atoms. The molecular weight excluding hydrogens is 392 g/mol. The highest BCUT2D eigenvalue weighted by Gasteiger charge is 2.06. The maximum atomic E-state index is 12.1. The zero-order chi connectivity index (χ0) is 21.9. The molecule has 0 saturated heterocycles. The van der Waals surface area contributed by atoms with Crippen molar-refractivity contribution in [2.24, 2.45) is 0 Å². The van der Waals surface area contributed by atoms with Crippen LogP contribution in [-0.2, 0) is 17.6 Å². The minimum atomic E-state index is -0.629. The van der Waals surface area contributed by atoms with Gasteiger partial charge in [0.15, 0.2) is 0 Å². The van der Waals surface area contributed by atoms with Gasteiger partial charge in [-0.3, -0.25) is 4.79 Å². The highest BCUT2D eigenvalue weighted by Crippen LogP contribution is 2.16. The summed E-state index contributed by atoms with van der Waals surface area (Å²) in [5, 5.41) is 25.4. The first-order chi connectivity index (χ1) is 15.1. The lowest BCUT2D eigenvalue weighted by molar-refractivity contribution is -0.115. The standard InChI is InChI=1S/C25H28N2O4/c28-22-10-12-24(13-11-22)31-18-23(29)17-26-15-14-19-6-8-21(9-7-19)27-25(30)16-20-4-2-1-3-5-20/h1-13,23,26,28-29H,14-18H2,(H,27,30)/t23-/m0/s1. The van der Waals surface area contributed by atoms with E-state index in [1.165, 1.54) is 0 Å². The molecular formula is C25H28N2O4. The summed E-state index contributed by atoms with van der Waals surface area (Å²) < 4.78 is 5.48. The van der Waals surface area contributed by atoms with Gasteiger partial charge < -0.3 is 25.6 Å². The fourth-order valence-electron chi connectivity index (χ4n) is 3.04. The van der Waals surface area contributed by atoms with E-state index >= 15 is 0 Å². The van der Waals surface area contributed by atoms with Crippen molar-refractivity contribution in [3.05, 3.63) is 90.0 Å². The Morgan fingerprint density at radius 3 is 2.32 bits per heavy atom. The molecule has 0 saturated carbocycles. The average molecular weight is 421 g/mol. The number of phenols is 1. The smallest absolute Gasteiger partial charge is 0.228 e.